The normalized spacial score (nSPS) is 25.5. The van der Waals surface area contributed by atoms with Crippen molar-refractivity contribution in [3.8, 4) is 0 Å². The molecule has 2 aliphatic rings. The summed E-state index contributed by atoms with van der Waals surface area (Å²) in [7, 11) is 0. The van der Waals surface area contributed by atoms with Crippen molar-refractivity contribution in [2.75, 3.05) is 5.32 Å². The van der Waals surface area contributed by atoms with Gasteiger partial charge in [0.2, 0.25) is 0 Å². The maximum Gasteiger partial charge on any atom is 0.0645 e. The molecule has 112 valence electrons. The Labute approximate surface area is 148 Å². The molecular weight excluding hydrogens is 381 g/mol. The summed E-state index contributed by atoms with van der Waals surface area (Å²) in [4.78, 5) is 0. The number of fused-ring (bicyclic) bond motifs is 3. The number of nitrogens with one attached hydrogen (secondary N) is 1. The van der Waals surface area contributed by atoms with Gasteiger partial charge in [0.25, 0.3) is 0 Å². The number of para-hydroxylation sites is 1. The molecule has 1 heterocycles. The Hall–Kier alpha value is -0.960. The molecule has 1 aliphatic heterocycles. The molecule has 0 saturated carbocycles. The molecule has 0 spiro atoms. The summed E-state index contributed by atoms with van der Waals surface area (Å²) in [6.45, 7) is 0. The zero-order chi connectivity index (χ0) is 15.3. The number of hydrogen-bond donors (Lipinski definition) is 1. The Morgan fingerprint density at radius 3 is 2.68 bits per heavy atom. The van der Waals surface area contributed by atoms with Gasteiger partial charge in [-0.2, -0.15) is 0 Å². The zero-order valence-electron chi connectivity index (χ0n) is 11.7. The highest BCUT2D eigenvalue weighted by Crippen LogP contribution is 2.52. The van der Waals surface area contributed by atoms with E-state index in [0.29, 0.717) is 21.9 Å². The van der Waals surface area contributed by atoms with Crippen LogP contribution in [0.4, 0.5) is 5.69 Å². The number of allylic oxidation sites excluding steroid dienone is 2. The first kappa shape index (κ1) is 14.6. The van der Waals surface area contributed by atoms with E-state index in [1.165, 1.54) is 5.56 Å². The molecule has 0 saturated heterocycles. The maximum atomic E-state index is 6.48. The third-order valence-corrected chi connectivity index (χ3v) is 6.16. The Morgan fingerprint density at radius 2 is 1.82 bits per heavy atom. The second kappa shape index (κ2) is 5.59. The standard InChI is InChI=1S/C18H14BrCl2N/c19-14-8-2-6-12-10-4-1-5-11(10)17(22-18(12)14)13-7-3-9-15(20)16(13)21/h1-4,6-11,17,22H,5H2/t10-,11+,17-/m1/s1. The van der Waals surface area contributed by atoms with Crippen molar-refractivity contribution >= 4 is 44.8 Å². The molecule has 0 radical (unpaired) electrons. The second-order valence-corrected chi connectivity index (χ2v) is 7.46. The molecule has 22 heavy (non-hydrogen) atoms. The van der Waals surface area contributed by atoms with Crippen molar-refractivity contribution < 1.29 is 0 Å². The maximum absolute atomic E-state index is 6.48. The summed E-state index contributed by atoms with van der Waals surface area (Å²) in [6, 6.07) is 12.4. The monoisotopic (exact) mass is 393 g/mol. The van der Waals surface area contributed by atoms with Crippen LogP contribution in [0.2, 0.25) is 10.0 Å². The van der Waals surface area contributed by atoms with Crippen molar-refractivity contribution in [2.24, 2.45) is 5.92 Å². The van der Waals surface area contributed by atoms with E-state index in [9.17, 15) is 0 Å². The predicted octanol–water partition coefficient (Wildman–Crippen LogP) is 6.58. The Morgan fingerprint density at radius 1 is 1.05 bits per heavy atom. The topological polar surface area (TPSA) is 12.0 Å². The summed E-state index contributed by atoms with van der Waals surface area (Å²) < 4.78 is 1.09. The van der Waals surface area contributed by atoms with E-state index >= 15 is 0 Å². The van der Waals surface area contributed by atoms with Gasteiger partial charge < -0.3 is 5.32 Å². The molecule has 0 amide bonds. The molecule has 4 heteroatoms. The SMILES string of the molecule is Clc1cccc([C@@H]2Nc3c(Br)cccc3[C@@H]3C=CC[C@@H]32)c1Cl. The van der Waals surface area contributed by atoms with Gasteiger partial charge in [-0.3, -0.25) is 0 Å². The van der Waals surface area contributed by atoms with Crippen LogP contribution in [0.3, 0.4) is 0 Å². The van der Waals surface area contributed by atoms with E-state index in [2.05, 4.69) is 57.7 Å². The molecule has 0 bridgehead atoms. The van der Waals surface area contributed by atoms with Crippen LogP contribution in [-0.2, 0) is 0 Å². The third kappa shape index (κ3) is 2.20. The molecule has 2 aromatic carbocycles. The van der Waals surface area contributed by atoms with E-state index < -0.39 is 0 Å². The van der Waals surface area contributed by atoms with Crippen LogP contribution in [0.25, 0.3) is 0 Å². The fraction of sp³-hybridized carbons (Fsp3) is 0.222. The van der Waals surface area contributed by atoms with Crippen LogP contribution in [0.15, 0.2) is 53.0 Å². The number of rotatable bonds is 1. The molecule has 2 aromatic rings. The average Bonchev–Trinajstić information content (AvgIpc) is 3.00. The van der Waals surface area contributed by atoms with Crippen LogP contribution in [0, 0.1) is 5.92 Å². The lowest BCUT2D eigenvalue weighted by Gasteiger charge is -2.38. The van der Waals surface area contributed by atoms with Crippen LogP contribution in [-0.4, -0.2) is 0 Å². The second-order valence-electron chi connectivity index (χ2n) is 5.82. The summed E-state index contributed by atoms with van der Waals surface area (Å²) in [5.74, 6) is 0.895. The van der Waals surface area contributed by atoms with E-state index in [4.69, 9.17) is 23.2 Å². The van der Waals surface area contributed by atoms with E-state index in [1.54, 1.807) is 0 Å². The number of anilines is 1. The summed E-state index contributed by atoms with van der Waals surface area (Å²) >= 11 is 16.4. The smallest absolute Gasteiger partial charge is 0.0645 e. The van der Waals surface area contributed by atoms with Gasteiger partial charge >= 0.3 is 0 Å². The molecule has 0 aromatic heterocycles. The lowest BCUT2D eigenvalue weighted by molar-refractivity contribution is 0.425. The largest absolute Gasteiger partial charge is 0.377 e. The number of benzene rings is 2. The highest BCUT2D eigenvalue weighted by atomic mass is 79.9. The van der Waals surface area contributed by atoms with Gasteiger partial charge in [-0.1, -0.05) is 59.6 Å². The molecule has 4 rings (SSSR count). The molecule has 1 nitrogen and oxygen atoms in total. The van der Waals surface area contributed by atoms with Gasteiger partial charge in [-0.15, -0.1) is 0 Å². The van der Waals surface area contributed by atoms with Gasteiger partial charge in [0.15, 0.2) is 0 Å². The van der Waals surface area contributed by atoms with Gasteiger partial charge in [-0.25, -0.2) is 0 Å². The van der Waals surface area contributed by atoms with E-state index in [0.717, 1.165) is 22.1 Å². The molecular formula is C18H14BrCl2N. The highest BCUT2D eigenvalue weighted by molar-refractivity contribution is 9.10. The van der Waals surface area contributed by atoms with Crippen molar-refractivity contribution in [1.82, 2.24) is 0 Å². The summed E-state index contributed by atoms with van der Waals surface area (Å²) in [6.07, 6.45) is 5.65. The summed E-state index contributed by atoms with van der Waals surface area (Å²) in [5.41, 5.74) is 3.59. The predicted molar refractivity (Wildman–Crippen MR) is 97.0 cm³/mol. The van der Waals surface area contributed by atoms with Crippen molar-refractivity contribution in [2.45, 2.75) is 18.4 Å². The van der Waals surface area contributed by atoms with Crippen molar-refractivity contribution in [3.05, 3.63) is 74.2 Å². The van der Waals surface area contributed by atoms with Crippen LogP contribution >= 0.6 is 39.1 Å². The zero-order valence-corrected chi connectivity index (χ0v) is 14.8. The molecule has 3 atom stereocenters. The van der Waals surface area contributed by atoms with Gasteiger partial charge in [0.05, 0.1) is 21.8 Å². The lowest BCUT2D eigenvalue weighted by atomic mass is 9.77. The first-order valence-electron chi connectivity index (χ1n) is 7.32. The minimum absolute atomic E-state index is 0.164. The van der Waals surface area contributed by atoms with Crippen LogP contribution in [0.5, 0.6) is 0 Å². The van der Waals surface area contributed by atoms with E-state index in [1.807, 2.05) is 12.1 Å². The Balaban J connectivity index is 1.86. The van der Waals surface area contributed by atoms with Gasteiger partial charge in [0, 0.05) is 10.4 Å². The first-order chi connectivity index (χ1) is 10.7. The first-order valence-corrected chi connectivity index (χ1v) is 8.87. The highest BCUT2D eigenvalue weighted by Gasteiger charge is 2.39. The molecule has 1 aliphatic carbocycles. The molecule has 0 unspecified atom stereocenters. The lowest BCUT2D eigenvalue weighted by Crippen LogP contribution is -2.29. The van der Waals surface area contributed by atoms with E-state index in [-0.39, 0.29) is 6.04 Å². The van der Waals surface area contributed by atoms with Crippen LogP contribution < -0.4 is 5.32 Å². The Kier molecular flexibility index (Phi) is 3.72. The van der Waals surface area contributed by atoms with Crippen LogP contribution in [0.1, 0.15) is 29.5 Å². The van der Waals surface area contributed by atoms with Gasteiger partial charge in [-0.05, 0) is 51.5 Å². The van der Waals surface area contributed by atoms with Crippen molar-refractivity contribution in [1.29, 1.82) is 0 Å². The average molecular weight is 395 g/mol. The Bertz CT molecular complexity index is 772. The third-order valence-electron chi connectivity index (χ3n) is 4.66. The minimum atomic E-state index is 0.164. The quantitative estimate of drug-likeness (QED) is 0.538. The van der Waals surface area contributed by atoms with Gasteiger partial charge in [0.1, 0.15) is 0 Å². The fourth-order valence-electron chi connectivity index (χ4n) is 3.65. The fourth-order valence-corrected chi connectivity index (χ4v) is 4.57. The number of halogens is 3. The molecule has 1 N–H and O–H groups in total. The van der Waals surface area contributed by atoms with Crippen molar-refractivity contribution in [3.63, 3.8) is 0 Å². The summed E-state index contributed by atoms with van der Waals surface area (Å²) in [5, 5.41) is 4.96. The molecule has 0 fully saturated rings. The number of hydrogen-bond acceptors (Lipinski definition) is 1. The minimum Gasteiger partial charge on any atom is -0.377 e.